The molecule has 0 bridgehead atoms. The fourth-order valence-electron chi connectivity index (χ4n) is 1.69. The number of halogens is 1. The van der Waals surface area contributed by atoms with Crippen LogP contribution in [0.1, 0.15) is 36.1 Å². The van der Waals surface area contributed by atoms with Gasteiger partial charge in [-0.2, -0.15) is 0 Å². The molecule has 0 aliphatic heterocycles. The fourth-order valence-corrected chi connectivity index (χ4v) is 3.08. The van der Waals surface area contributed by atoms with Crippen LogP contribution >= 0.6 is 27.3 Å². The Labute approximate surface area is 137 Å². The van der Waals surface area contributed by atoms with E-state index in [4.69, 9.17) is 4.52 Å². The van der Waals surface area contributed by atoms with Crippen LogP contribution in [0.15, 0.2) is 31.5 Å². The van der Waals surface area contributed by atoms with Gasteiger partial charge in [0.15, 0.2) is 11.7 Å². The Morgan fingerprint density at radius 2 is 2.14 bits per heavy atom. The first-order valence-corrected chi connectivity index (χ1v) is 8.38. The third-order valence-corrected chi connectivity index (χ3v) is 4.57. The minimum Gasteiger partial charge on any atom is -0.359 e. The zero-order valence-corrected chi connectivity index (χ0v) is 14.7. The number of hydrogen-bond acceptors (Lipinski definition) is 4. The molecule has 0 saturated heterocycles. The van der Waals surface area contributed by atoms with Crippen molar-refractivity contribution in [3.8, 4) is 0 Å². The number of rotatable bonds is 5. The Morgan fingerprint density at radius 3 is 2.71 bits per heavy atom. The largest absolute Gasteiger partial charge is 0.359 e. The molecular weight excluding hydrogens is 352 g/mol. The molecule has 0 aromatic carbocycles. The monoisotopic (exact) mass is 370 g/mol. The van der Waals surface area contributed by atoms with E-state index in [1.807, 2.05) is 6.07 Å². The molecule has 2 aromatic heterocycles. The van der Waals surface area contributed by atoms with Gasteiger partial charge in [-0.25, -0.2) is 0 Å². The minimum absolute atomic E-state index is 0.372. The molecule has 0 radical (unpaired) electrons. The molecule has 0 saturated carbocycles. The summed E-state index contributed by atoms with van der Waals surface area (Å²) in [5, 5.41) is 12.6. The lowest BCUT2D eigenvalue weighted by Crippen LogP contribution is -2.36. The van der Waals surface area contributed by atoms with Crippen LogP contribution in [0.5, 0.6) is 0 Å². The highest BCUT2D eigenvalue weighted by atomic mass is 79.9. The average Bonchev–Trinajstić information content (AvgIpc) is 3.08. The number of aliphatic imine (C=N–C) groups is 1. The third kappa shape index (κ3) is 4.86. The molecule has 2 heterocycles. The smallest absolute Gasteiger partial charge is 0.191 e. The predicted octanol–water partition coefficient (Wildman–Crippen LogP) is 3.49. The summed E-state index contributed by atoms with van der Waals surface area (Å²) in [5.74, 6) is 1.92. The highest BCUT2D eigenvalue weighted by Gasteiger charge is 2.08. The molecular formula is C14H19BrN4OS. The zero-order chi connectivity index (χ0) is 15.2. The summed E-state index contributed by atoms with van der Waals surface area (Å²) in [6.07, 6.45) is 0. The van der Waals surface area contributed by atoms with Gasteiger partial charge in [0.05, 0.1) is 18.8 Å². The molecule has 0 spiro atoms. The van der Waals surface area contributed by atoms with Crippen molar-refractivity contribution >= 4 is 33.2 Å². The number of nitrogens with one attached hydrogen (secondary N) is 2. The summed E-state index contributed by atoms with van der Waals surface area (Å²) >= 11 is 5.15. The maximum absolute atomic E-state index is 5.29. The summed E-state index contributed by atoms with van der Waals surface area (Å²) in [6.45, 7) is 5.49. The maximum atomic E-state index is 5.29. The highest BCUT2D eigenvalue weighted by molar-refractivity contribution is 9.10. The van der Waals surface area contributed by atoms with E-state index >= 15 is 0 Å². The maximum Gasteiger partial charge on any atom is 0.191 e. The van der Waals surface area contributed by atoms with Gasteiger partial charge in [-0.1, -0.05) is 19.0 Å². The summed E-state index contributed by atoms with van der Waals surface area (Å²) in [4.78, 5) is 5.43. The van der Waals surface area contributed by atoms with Crippen LogP contribution in [0.2, 0.25) is 0 Å². The van der Waals surface area contributed by atoms with Gasteiger partial charge in [0, 0.05) is 27.8 Å². The van der Waals surface area contributed by atoms with Gasteiger partial charge in [0.1, 0.15) is 0 Å². The molecule has 5 nitrogen and oxygen atoms in total. The van der Waals surface area contributed by atoms with Crippen molar-refractivity contribution in [1.29, 1.82) is 0 Å². The van der Waals surface area contributed by atoms with Gasteiger partial charge >= 0.3 is 0 Å². The molecule has 0 unspecified atom stereocenters. The summed E-state index contributed by atoms with van der Waals surface area (Å²) < 4.78 is 6.39. The van der Waals surface area contributed by atoms with Crippen LogP contribution in [0.4, 0.5) is 0 Å². The minimum atomic E-state index is 0.372. The quantitative estimate of drug-likeness (QED) is 0.624. The van der Waals surface area contributed by atoms with Gasteiger partial charge in [-0.15, -0.1) is 11.3 Å². The van der Waals surface area contributed by atoms with E-state index in [2.05, 4.69) is 62.0 Å². The Bertz CT molecular complexity index is 606. The number of thiophene rings is 1. The van der Waals surface area contributed by atoms with Crippen molar-refractivity contribution in [2.24, 2.45) is 4.99 Å². The Balaban J connectivity index is 1.82. The SMILES string of the molecule is CN=C(NCc1cc(C(C)C)no1)NCc1cc(Br)cs1. The Morgan fingerprint density at radius 1 is 1.38 bits per heavy atom. The average molecular weight is 371 g/mol. The van der Waals surface area contributed by atoms with Crippen LogP contribution in [0.25, 0.3) is 0 Å². The van der Waals surface area contributed by atoms with E-state index in [0.717, 1.165) is 28.4 Å². The van der Waals surface area contributed by atoms with Crippen LogP contribution in [0, 0.1) is 0 Å². The molecule has 114 valence electrons. The van der Waals surface area contributed by atoms with Gasteiger partial charge in [0.2, 0.25) is 0 Å². The normalized spacial score (nSPS) is 12.0. The van der Waals surface area contributed by atoms with E-state index in [1.54, 1.807) is 18.4 Å². The molecule has 0 atom stereocenters. The zero-order valence-electron chi connectivity index (χ0n) is 12.3. The predicted molar refractivity (Wildman–Crippen MR) is 89.6 cm³/mol. The molecule has 0 amide bonds. The first-order chi connectivity index (χ1) is 10.1. The third-order valence-electron chi connectivity index (χ3n) is 2.87. The second kappa shape index (κ2) is 7.61. The lowest BCUT2D eigenvalue weighted by Gasteiger charge is -2.09. The molecule has 0 aliphatic rings. The van der Waals surface area contributed by atoms with E-state index in [-0.39, 0.29) is 0 Å². The Hall–Kier alpha value is -1.34. The fraction of sp³-hybridized carbons (Fsp3) is 0.429. The molecule has 21 heavy (non-hydrogen) atoms. The van der Waals surface area contributed by atoms with Crippen molar-refractivity contribution in [1.82, 2.24) is 15.8 Å². The van der Waals surface area contributed by atoms with Gasteiger partial charge in [0.25, 0.3) is 0 Å². The van der Waals surface area contributed by atoms with Crippen LogP contribution in [-0.2, 0) is 13.1 Å². The number of nitrogens with zero attached hydrogens (tertiary/aromatic N) is 2. The second-order valence-corrected chi connectivity index (χ2v) is 6.79. The Kier molecular flexibility index (Phi) is 5.81. The molecule has 2 N–H and O–H groups in total. The molecule has 2 aromatic rings. The van der Waals surface area contributed by atoms with Gasteiger partial charge in [-0.05, 0) is 27.9 Å². The van der Waals surface area contributed by atoms with E-state index in [0.29, 0.717) is 12.5 Å². The van der Waals surface area contributed by atoms with Crippen LogP contribution in [-0.4, -0.2) is 18.2 Å². The van der Waals surface area contributed by atoms with Crippen molar-refractivity contribution in [2.45, 2.75) is 32.9 Å². The van der Waals surface area contributed by atoms with Crippen LogP contribution < -0.4 is 10.6 Å². The molecule has 7 heteroatoms. The standard InChI is InChI=1S/C14H19BrN4OS/c1-9(2)13-5-11(20-19-13)6-17-14(16-3)18-7-12-4-10(15)8-21-12/h4-5,8-9H,6-7H2,1-3H3,(H2,16,17,18). The first kappa shape index (κ1) is 16.0. The number of hydrogen-bond donors (Lipinski definition) is 2. The molecule has 0 aliphatic carbocycles. The van der Waals surface area contributed by atoms with E-state index in [9.17, 15) is 0 Å². The van der Waals surface area contributed by atoms with Crippen molar-refractivity contribution in [2.75, 3.05) is 7.05 Å². The number of guanidine groups is 1. The van der Waals surface area contributed by atoms with E-state index < -0.39 is 0 Å². The summed E-state index contributed by atoms with van der Waals surface area (Å²) in [5.41, 5.74) is 0.971. The van der Waals surface area contributed by atoms with Crippen molar-refractivity contribution in [3.05, 3.63) is 38.3 Å². The number of aromatic nitrogens is 1. The molecule has 2 rings (SSSR count). The van der Waals surface area contributed by atoms with Gasteiger partial charge in [-0.3, -0.25) is 4.99 Å². The lowest BCUT2D eigenvalue weighted by atomic mass is 10.1. The lowest BCUT2D eigenvalue weighted by molar-refractivity contribution is 0.372. The van der Waals surface area contributed by atoms with E-state index in [1.165, 1.54) is 4.88 Å². The molecule has 0 fully saturated rings. The first-order valence-electron chi connectivity index (χ1n) is 6.71. The topological polar surface area (TPSA) is 62.5 Å². The van der Waals surface area contributed by atoms with Crippen molar-refractivity contribution < 1.29 is 4.52 Å². The van der Waals surface area contributed by atoms with Crippen LogP contribution in [0.3, 0.4) is 0 Å². The highest BCUT2D eigenvalue weighted by Crippen LogP contribution is 2.19. The summed E-state index contributed by atoms with van der Waals surface area (Å²) in [7, 11) is 1.75. The van der Waals surface area contributed by atoms with Gasteiger partial charge < -0.3 is 15.2 Å². The van der Waals surface area contributed by atoms with Crippen molar-refractivity contribution in [3.63, 3.8) is 0 Å². The summed E-state index contributed by atoms with van der Waals surface area (Å²) in [6, 6.07) is 4.07. The second-order valence-electron chi connectivity index (χ2n) is 4.88.